The van der Waals surface area contributed by atoms with Crippen molar-refractivity contribution in [1.29, 1.82) is 0 Å². The Morgan fingerprint density at radius 1 is 0.468 bits per heavy atom. The zero-order valence-electron chi connectivity index (χ0n) is 60.1. The molecule has 2 unspecified atom stereocenters. The Balaban J connectivity index is 0.000000141. The Kier molecular flexibility index (Phi) is 20.2. The van der Waals surface area contributed by atoms with Crippen molar-refractivity contribution in [1.82, 2.24) is 69.8 Å². The van der Waals surface area contributed by atoms with Crippen molar-refractivity contribution in [2.24, 2.45) is 0 Å². The topological polar surface area (TPSA) is 302 Å². The molecule has 0 spiro atoms. The van der Waals surface area contributed by atoms with Crippen LogP contribution in [0.5, 0.6) is 0 Å². The summed E-state index contributed by atoms with van der Waals surface area (Å²) in [4.78, 5) is 129. The summed E-state index contributed by atoms with van der Waals surface area (Å²) in [5.41, 5.74) is 10.1. The van der Waals surface area contributed by atoms with Crippen LogP contribution in [0.2, 0.25) is 0 Å². The minimum atomic E-state index is -1.23. The summed E-state index contributed by atoms with van der Waals surface area (Å²) in [6, 6.07) is 42.3. The first-order valence-corrected chi connectivity index (χ1v) is 37.0. The van der Waals surface area contributed by atoms with E-state index in [1.54, 1.807) is 71.8 Å². The quantitative estimate of drug-likeness (QED) is 0.0771. The molecular formula is C82H74F2N18O9. The maximum atomic E-state index is 14.1. The van der Waals surface area contributed by atoms with Crippen LogP contribution < -0.4 is 35.6 Å². The van der Waals surface area contributed by atoms with Crippen molar-refractivity contribution < 1.29 is 52.2 Å². The molecule has 0 radical (unpaired) electrons. The van der Waals surface area contributed by atoms with Crippen LogP contribution in [0.4, 0.5) is 32.1 Å². The molecule has 0 bridgehead atoms. The van der Waals surface area contributed by atoms with Crippen molar-refractivity contribution in [3.8, 4) is 46.5 Å². The van der Waals surface area contributed by atoms with E-state index < -0.39 is 29.9 Å². The standard InChI is InChI=1S/C41H36FN9O4.C25H26FN7.C16H12N2O5/c42-29-5-1-4-27(23-29)32-7-3-17-49(32)37-14-13-35-43-24-34(51(35)46-37)31-6-2-8-36(44-31)47-18-20-48(21-19-47)39(53)16-10-26-9-11-30-28(22-26)25-50(41(30)55)33-12-15-38(52)45-40(33)54;26-19-5-1-4-18(16-19)21-7-3-13-32(21)25-10-9-23-28-17-22(33(23)30-25)20-6-2-8-24(29-20)31-14-11-27-12-15-31;19-13-5-4-12(15(22)17-13)18-8-10-7-9(2-6-14(20)21)1-3-11(10)16(18)23/h1-2,4-6,8-9,11,13-14,22-24,32-33H,3,7,12,15,17-21,25H2,(H,45,52,54);1-2,4-6,8-10,16-17,21,27H,3,7,11-15H2;1,3,7,12H,4-5,8H2,(H,20,21)(H,17,19,22)/t32-,33?;21-;/m11./s1. The largest absolute Gasteiger partial charge is 0.472 e. The second-order valence-corrected chi connectivity index (χ2v) is 28.2. The number of carbonyl (C=O) groups excluding carboxylic acids is 7. The number of fused-ring (bicyclic) bond motifs is 4. The number of benzene rings is 4. The van der Waals surface area contributed by atoms with Crippen LogP contribution in [0.1, 0.15) is 118 Å². The minimum absolute atomic E-state index is 0.0384. The van der Waals surface area contributed by atoms with Gasteiger partial charge < -0.3 is 44.7 Å². The molecule has 0 aliphatic carbocycles. The van der Waals surface area contributed by atoms with Gasteiger partial charge in [0.2, 0.25) is 23.6 Å². The van der Waals surface area contributed by atoms with E-state index >= 15 is 0 Å². The molecule has 10 aromatic rings. The number of amides is 7. The van der Waals surface area contributed by atoms with Gasteiger partial charge in [0.05, 0.1) is 35.9 Å². The first kappa shape index (κ1) is 71.9. The number of piperidine rings is 2. The van der Waals surface area contributed by atoms with Crippen molar-refractivity contribution in [3.05, 3.63) is 214 Å². The molecule has 4 N–H and O–H groups in total. The first-order chi connectivity index (χ1) is 54.0. The van der Waals surface area contributed by atoms with Crippen LogP contribution in [-0.4, -0.2) is 184 Å². The lowest BCUT2D eigenvalue weighted by molar-refractivity contribution is -0.138. The van der Waals surface area contributed by atoms with Gasteiger partial charge in [-0.3, -0.25) is 44.2 Å². The number of anilines is 4. The Morgan fingerprint density at radius 3 is 1.41 bits per heavy atom. The highest BCUT2D eigenvalue weighted by Crippen LogP contribution is 2.39. The lowest BCUT2D eigenvalue weighted by Gasteiger charge is -2.34. The lowest BCUT2D eigenvalue weighted by atomic mass is 10.0. The number of hydrogen-bond donors (Lipinski definition) is 4. The molecule has 27 nitrogen and oxygen atoms in total. The highest BCUT2D eigenvalue weighted by molar-refractivity contribution is 6.07. The number of imidazole rings is 2. The van der Waals surface area contributed by atoms with Crippen LogP contribution in [0, 0.1) is 35.3 Å². The Labute approximate surface area is 635 Å². The molecule has 14 heterocycles. The van der Waals surface area contributed by atoms with E-state index in [-0.39, 0.29) is 79.2 Å². The zero-order valence-corrected chi connectivity index (χ0v) is 60.1. The van der Waals surface area contributed by atoms with Gasteiger partial charge in [-0.1, -0.05) is 48.2 Å². The number of hydrogen-bond acceptors (Lipinski definition) is 19. The van der Waals surface area contributed by atoms with Gasteiger partial charge in [-0.05, 0) is 170 Å². The van der Waals surface area contributed by atoms with E-state index in [9.17, 15) is 47.1 Å². The number of aliphatic carboxylic acids is 1. The molecule has 4 atom stereocenters. The number of carboxylic acids is 1. The Bertz CT molecular complexity index is 5540. The number of pyridine rings is 2. The highest BCUT2D eigenvalue weighted by atomic mass is 19.1. The van der Waals surface area contributed by atoms with Crippen molar-refractivity contribution in [2.75, 3.05) is 85.0 Å². The molecule has 111 heavy (non-hydrogen) atoms. The number of piperazine rings is 2. The van der Waals surface area contributed by atoms with Gasteiger partial charge in [-0.25, -0.2) is 42.5 Å². The molecule has 7 amide bonds. The molecule has 6 fully saturated rings. The summed E-state index contributed by atoms with van der Waals surface area (Å²) >= 11 is 0. The van der Waals surface area contributed by atoms with Crippen LogP contribution in [0.3, 0.4) is 0 Å². The fourth-order valence-electron chi connectivity index (χ4n) is 15.7. The molecule has 29 heteroatoms. The molecule has 560 valence electrons. The number of aromatic nitrogens is 8. The number of halogens is 2. The summed E-state index contributed by atoms with van der Waals surface area (Å²) in [5, 5.41) is 26.4. The number of nitrogens with one attached hydrogen (secondary N) is 3. The number of carboxylic acid groups (broad SMARTS) is 1. The van der Waals surface area contributed by atoms with Crippen molar-refractivity contribution in [3.63, 3.8) is 0 Å². The minimum Gasteiger partial charge on any atom is -0.472 e. The first-order valence-electron chi connectivity index (χ1n) is 37.0. The van der Waals surface area contributed by atoms with Crippen LogP contribution >= 0.6 is 0 Å². The summed E-state index contributed by atoms with van der Waals surface area (Å²) in [5.74, 6) is 9.59. The number of imide groups is 2. The maximum Gasteiger partial charge on any atom is 0.382 e. The average Bonchev–Trinajstić information content (AvgIpc) is 1.76. The second-order valence-electron chi connectivity index (χ2n) is 28.2. The Hall–Kier alpha value is -13.3. The number of nitrogens with zero attached hydrogens (tertiary/aromatic N) is 15. The predicted octanol–water partition coefficient (Wildman–Crippen LogP) is 7.30. The molecule has 6 aromatic heterocycles. The third-order valence-electron chi connectivity index (χ3n) is 21.3. The monoisotopic (exact) mass is 1490 g/mol. The van der Waals surface area contributed by atoms with Crippen molar-refractivity contribution in [2.45, 2.75) is 88.6 Å². The van der Waals surface area contributed by atoms with Gasteiger partial charge in [-0.15, -0.1) is 10.2 Å². The summed E-state index contributed by atoms with van der Waals surface area (Å²) in [6.45, 7) is 8.12. The molecule has 4 aromatic carbocycles. The van der Waals surface area contributed by atoms with E-state index in [0.29, 0.717) is 72.5 Å². The molecule has 18 rings (SSSR count). The number of rotatable bonds is 10. The highest BCUT2D eigenvalue weighted by Gasteiger charge is 2.41. The summed E-state index contributed by atoms with van der Waals surface area (Å²) in [6.07, 6.45) is 8.53. The Morgan fingerprint density at radius 2 is 0.937 bits per heavy atom. The van der Waals surface area contributed by atoms with Crippen LogP contribution in [0.15, 0.2) is 158 Å². The normalized spacial score (nSPS) is 19.5. The molecule has 6 saturated heterocycles. The third-order valence-corrected chi connectivity index (χ3v) is 21.3. The maximum absolute atomic E-state index is 14.1. The van der Waals surface area contributed by atoms with Gasteiger partial charge in [0, 0.05) is 125 Å². The van der Waals surface area contributed by atoms with Crippen LogP contribution in [0.25, 0.3) is 34.1 Å². The van der Waals surface area contributed by atoms with Gasteiger partial charge in [0.1, 0.15) is 58.4 Å². The zero-order chi connectivity index (χ0) is 76.4. The van der Waals surface area contributed by atoms with E-state index in [0.717, 1.165) is 133 Å². The molecule has 0 saturated carbocycles. The second kappa shape index (κ2) is 31.1. The van der Waals surface area contributed by atoms with E-state index in [1.807, 2.05) is 87.9 Å². The smallest absolute Gasteiger partial charge is 0.382 e. The molecule has 8 aliphatic heterocycles. The average molecular weight is 1490 g/mol. The summed E-state index contributed by atoms with van der Waals surface area (Å²) < 4.78 is 31.6. The van der Waals surface area contributed by atoms with Gasteiger partial charge in [-0.2, -0.15) is 0 Å². The number of carbonyl (C=O) groups is 8. The molecule has 8 aliphatic rings. The van der Waals surface area contributed by atoms with Gasteiger partial charge in [0.25, 0.3) is 17.7 Å². The SMILES string of the molecule is Fc1cccc([C@H]2CCCN2c2ccc3ncc(-c4cccc(N5CCNCC5)n4)n3n2)c1.O=C(O)C#Cc1ccc2c(c1)CN(C1CCC(=O)NC1=O)C2=O.O=C1CCC(N2Cc3cc(C#CC(=O)N4CCN(c5cccc(-c6cnc7ccc(N8CCC[C@@H]8c8cccc(F)c8)nn67)n5)CC4)ccc3C2=O)C(=O)N1. The van der Waals surface area contributed by atoms with Gasteiger partial charge >= 0.3 is 5.97 Å². The summed E-state index contributed by atoms with van der Waals surface area (Å²) in [7, 11) is 0. The lowest BCUT2D eigenvalue weighted by Crippen LogP contribution is -2.52. The van der Waals surface area contributed by atoms with Crippen molar-refractivity contribution >= 4 is 81.9 Å². The predicted molar refractivity (Wildman–Crippen MR) is 404 cm³/mol. The molecular weight excluding hydrogens is 1420 g/mol. The van der Waals surface area contributed by atoms with E-state index in [1.165, 1.54) is 21.9 Å². The van der Waals surface area contributed by atoms with E-state index in [4.69, 9.17) is 25.3 Å². The third kappa shape index (κ3) is 15.2. The fourth-order valence-corrected chi connectivity index (χ4v) is 15.7. The van der Waals surface area contributed by atoms with E-state index in [2.05, 4.69) is 69.3 Å². The van der Waals surface area contributed by atoms with Gasteiger partial charge in [0.15, 0.2) is 11.3 Å². The fraction of sp³-hybridized carbons (Fsp3) is 0.293. The van der Waals surface area contributed by atoms with Crippen LogP contribution in [-0.2, 0) is 41.9 Å².